The minimum atomic E-state index is -0.590. The van der Waals surface area contributed by atoms with E-state index in [1.807, 2.05) is 0 Å². The van der Waals surface area contributed by atoms with Gasteiger partial charge in [-0.25, -0.2) is 0 Å². The molecule has 0 fully saturated rings. The van der Waals surface area contributed by atoms with Gasteiger partial charge < -0.3 is 4.74 Å². The fourth-order valence-electron chi connectivity index (χ4n) is 11.4. The largest absolute Gasteiger partial charge is 0.456 e. The zero-order valence-corrected chi connectivity index (χ0v) is 32.2. The van der Waals surface area contributed by atoms with Crippen LogP contribution in [0.25, 0.3) is 54.9 Å². The molecule has 3 aliphatic rings. The predicted molar refractivity (Wildman–Crippen MR) is 242 cm³/mol. The molecular formula is C58H36O. The Bertz CT molecular complexity index is 3330. The maximum atomic E-state index is 7.15. The van der Waals surface area contributed by atoms with Crippen molar-refractivity contribution in [3.8, 4) is 44.9 Å². The van der Waals surface area contributed by atoms with Crippen LogP contribution in [-0.4, -0.2) is 0 Å². The number of hydrogen-bond donors (Lipinski definition) is 0. The Morgan fingerprint density at radius 3 is 1.51 bits per heavy atom. The van der Waals surface area contributed by atoms with Gasteiger partial charge in [0.1, 0.15) is 11.5 Å². The molecule has 1 unspecified atom stereocenters. The van der Waals surface area contributed by atoms with E-state index in [4.69, 9.17) is 4.74 Å². The van der Waals surface area contributed by atoms with Crippen LogP contribution in [-0.2, 0) is 10.8 Å². The van der Waals surface area contributed by atoms with E-state index < -0.39 is 10.8 Å². The summed E-state index contributed by atoms with van der Waals surface area (Å²) in [7, 11) is 0. The molecule has 10 aromatic rings. The van der Waals surface area contributed by atoms with Crippen LogP contribution >= 0.6 is 0 Å². The molecule has 0 radical (unpaired) electrons. The lowest BCUT2D eigenvalue weighted by atomic mass is 9.64. The quantitative estimate of drug-likeness (QED) is 0.175. The molecule has 274 valence electrons. The van der Waals surface area contributed by atoms with Gasteiger partial charge in [-0.1, -0.05) is 206 Å². The highest BCUT2D eigenvalue weighted by Crippen LogP contribution is 2.64. The summed E-state index contributed by atoms with van der Waals surface area (Å²) in [6.45, 7) is 0. The van der Waals surface area contributed by atoms with Crippen LogP contribution in [0.4, 0.5) is 0 Å². The lowest BCUT2D eigenvalue weighted by molar-refractivity contribution is 0.442. The molecule has 1 nitrogen and oxygen atoms in total. The van der Waals surface area contributed by atoms with Crippen molar-refractivity contribution >= 4 is 21.5 Å². The van der Waals surface area contributed by atoms with Gasteiger partial charge in [0, 0.05) is 16.5 Å². The molecule has 1 heterocycles. The van der Waals surface area contributed by atoms with E-state index in [1.165, 1.54) is 82.9 Å². The number of hydrogen-bond acceptors (Lipinski definition) is 1. The normalized spacial score (nSPS) is 16.1. The van der Waals surface area contributed by atoms with Crippen molar-refractivity contribution in [2.75, 3.05) is 0 Å². The maximum Gasteiger partial charge on any atom is 0.140 e. The summed E-state index contributed by atoms with van der Waals surface area (Å²) in [5.41, 5.74) is 16.4. The molecule has 2 aliphatic carbocycles. The summed E-state index contributed by atoms with van der Waals surface area (Å²) in [4.78, 5) is 0. The standard InChI is InChI=1S/C58H36O/c1-2-18-40(19-3-1)57(50-29-15-11-25-46(50)55-42-21-6-4-16-37(42)30-33-51(55)57)47-26-12-8-20-41(47)39-32-35-54-53(36-39)58(52-34-31-38-17-5-7-22-43(38)56(52)59-54)48-27-13-9-23-44(48)45-24-10-14-28-49(45)58/h1-36H. The van der Waals surface area contributed by atoms with E-state index in [9.17, 15) is 0 Å². The van der Waals surface area contributed by atoms with E-state index in [1.54, 1.807) is 0 Å². The second kappa shape index (κ2) is 12.0. The van der Waals surface area contributed by atoms with Crippen LogP contribution in [0.3, 0.4) is 0 Å². The highest BCUT2D eigenvalue weighted by molar-refractivity contribution is 6.05. The minimum absolute atomic E-state index is 0.573. The summed E-state index contributed by atoms with van der Waals surface area (Å²) in [6, 6.07) is 81.1. The highest BCUT2D eigenvalue weighted by Gasteiger charge is 2.52. The fraction of sp³-hybridized carbons (Fsp3) is 0.0345. The summed E-state index contributed by atoms with van der Waals surface area (Å²) < 4.78 is 7.15. The van der Waals surface area contributed by atoms with E-state index in [2.05, 4.69) is 218 Å². The molecule has 1 spiro atoms. The van der Waals surface area contributed by atoms with Gasteiger partial charge in [-0.2, -0.15) is 0 Å². The maximum absolute atomic E-state index is 7.15. The summed E-state index contributed by atoms with van der Waals surface area (Å²) in [6.07, 6.45) is 0. The minimum Gasteiger partial charge on any atom is -0.456 e. The average molecular weight is 749 g/mol. The molecule has 1 heteroatoms. The monoisotopic (exact) mass is 748 g/mol. The SMILES string of the molecule is c1ccc(C2(c3ccccc3-c3ccc4c(c3)C3(c5ccccc5-c5ccccc53)c3ccc5ccccc5c3O4)c3ccccc3-c3c2ccc2ccccc32)cc1. The molecule has 0 saturated heterocycles. The first kappa shape index (κ1) is 32.6. The Morgan fingerprint density at radius 1 is 0.305 bits per heavy atom. The van der Waals surface area contributed by atoms with Crippen molar-refractivity contribution in [3.63, 3.8) is 0 Å². The Kier molecular flexibility index (Phi) is 6.64. The number of rotatable bonds is 3. The van der Waals surface area contributed by atoms with Gasteiger partial charge in [-0.05, 0) is 95.1 Å². The first-order chi connectivity index (χ1) is 29.3. The molecular weight excluding hydrogens is 713 g/mol. The van der Waals surface area contributed by atoms with Crippen molar-refractivity contribution in [2.45, 2.75) is 10.8 Å². The topological polar surface area (TPSA) is 9.23 Å². The molecule has 0 amide bonds. The zero-order valence-electron chi connectivity index (χ0n) is 32.2. The number of ether oxygens (including phenoxy) is 1. The Labute approximate surface area is 343 Å². The highest BCUT2D eigenvalue weighted by atomic mass is 16.5. The second-order valence-corrected chi connectivity index (χ2v) is 16.2. The molecule has 59 heavy (non-hydrogen) atoms. The van der Waals surface area contributed by atoms with Gasteiger partial charge in [-0.15, -0.1) is 0 Å². The average Bonchev–Trinajstić information content (AvgIpc) is 3.78. The first-order valence-electron chi connectivity index (χ1n) is 20.6. The molecule has 13 rings (SSSR count). The Balaban J connectivity index is 1.13. The molecule has 0 bridgehead atoms. The van der Waals surface area contributed by atoms with E-state index >= 15 is 0 Å². The summed E-state index contributed by atoms with van der Waals surface area (Å²) >= 11 is 0. The zero-order chi connectivity index (χ0) is 38.7. The third-order valence-corrected chi connectivity index (χ3v) is 13.6. The predicted octanol–water partition coefficient (Wildman–Crippen LogP) is 14.5. The van der Waals surface area contributed by atoms with Crippen molar-refractivity contribution in [3.05, 3.63) is 263 Å². The van der Waals surface area contributed by atoms with Crippen LogP contribution in [0.15, 0.2) is 218 Å². The summed E-state index contributed by atoms with van der Waals surface area (Å²) in [5.74, 6) is 1.83. The lowest BCUT2D eigenvalue weighted by Crippen LogP contribution is -2.32. The lowest BCUT2D eigenvalue weighted by Gasteiger charge is -2.40. The number of fused-ring (bicyclic) bond motifs is 16. The van der Waals surface area contributed by atoms with Crippen LogP contribution in [0.2, 0.25) is 0 Å². The van der Waals surface area contributed by atoms with Gasteiger partial charge in [0.05, 0.1) is 10.8 Å². The smallest absolute Gasteiger partial charge is 0.140 e. The van der Waals surface area contributed by atoms with Gasteiger partial charge in [0.15, 0.2) is 0 Å². The third kappa shape index (κ3) is 4.14. The Hall–Kier alpha value is -7.48. The second-order valence-electron chi connectivity index (χ2n) is 16.2. The van der Waals surface area contributed by atoms with Gasteiger partial charge in [-0.3, -0.25) is 0 Å². The fourth-order valence-corrected chi connectivity index (χ4v) is 11.4. The molecule has 10 aromatic carbocycles. The molecule has 1 aliphatic heterocycles. The van der Waals surface area contributed by atoms with Crippen LogP contribution < -0.4 is 4.74 Å². The van der Waals surface area contributed by atoms with Crippen LogP contribution in [0.5, 0.6) is 11.5 Å². The van der Waals surface area contributed by atoms with E-state index in [0.717, 1.165) is 28.0 Å². The summed E-state index contributed by atoms with van der Waals surface area (Å²) in [5, 5.41) is 4.84. The molecule has 0 aromatic heterocycles. The molecule has 1 atom stereocenters. The van der Waals surface area contributed by atoms with E-state index in [-0.39, 0.29) is 0 Å². The van der Waals surface area contributed by atoms with E-state index in [0.29, 0.717) is 0 Å². The number of benzene rings is 10. The molecule has 0 saturated carbocycles. The van der Waals surface area contributed by atoms with Crippen LogP contribution in [0, 0.1) is 0 Å². The van der Waals surface area contributed by atoms with Crippen molar-refractivity contribution in [2.24, 2.45) is 0 Å². The third-order valence-electron chi connectivity index (χ3n) is 13.6. The van der Waals surface area contributed by atoms with Gasteiger partial charge in [0.25, 0.3) is 0 Å². The molecule has 0 N–H and O–H groups in total. The van der Waals surface area contributed by atoms with Crippen molar-refractivity contribution in [1.82, 2.24) is 0 Å². The van der Waals surface area contributed by atoms with Crippen molar-refractivity contribution < 1.29 is 4.74 Å². The van der Waals surface area contributed by atoms with Gasteiger partial charge in [0.2, 0.25) is 0 Å². The van der Waals surface area contributed by atoms with Gasteiger partial charge >= 0.3 is 0 Å². The Morgan fingerprint density at radius 2 is 0.814 bits per heavy atom. The van der Waals surface area contributed by atoms with Crippen molar-refractivity contribution in [1.29, 1.82) is 0 Å². The first-order valence-corrected chi connectivity index (χ1v) is 20.6. The van der Waals surface area contributed by atoms with Crippen LogP contribution in [0.1, 0.15) is 44.5 Å².